The Kier molecular flexibility index (Phi) is 4.77. The molecule has 0 N–H and O–H groups in total. The predicted octanol–water partition coefficient (Wildman–Crippen LogP) is 7.10. The summed E-state index contributed by atoms with van der Waals surface area (Å²) in [5.41, 5.74) is 0. The van der Waals surface area contributed by atoms with Gasteiger partial charge in [-0.05, 0) is 39.7 Å². The highest BCUT2D eigenvalue weighted by Crippen LogP contribution is 2.22. The van der Waals surface area contributed by atoms with Gasteiger partial charge in [-0.1, -0.05) is 94.3 Å². The average Bonchev–Trinajstić information content (AvgIpc) is 2.56. The fourth-order valence-electron chi connectivity index (χ4n) is 2.35. The highest BCUT2D eigenvalue weighted by Gasteiger charge is 1.93. The van der Waals surface area contributed by atoms with E-state index >= 15 is 0 Å². The van der Waals surface area contributed by atoms with Crippen molar-refractivity contribution in [3.63, 3.8) is 0 Å². The predicted molar refractivity (Wildman–Crippen MR) is 101 cm³/mol. The Morgan fingerprint density at radius 2 is 1.23 bits per heavy atom. The van der Waals surface area contributed by atoms with Gasteiger partial charge in [0.05, 0.1) is 0 Å². The van der Waals surface area contributed by atoms with E-state index in [9.17, 15) is 0 Å². The largest absolute Gasteiger partial charge is 0.0843 e. The van der Waals surface area contributed by atoms with E-state index in [1.54, 1.807) is 0 Å². The molecule has 0 heterocycles. The van der Waals surface area contributed by atoms with E-state index in [0.717, 1.165) is 9.50 Å². The van der Waals surface area contributed by atoms with Crippen LogP contribution in [0.3, 0.4) is 0 Å². The maximum absolute atomic E-state index is 5.82. The quantitative estimate of drug-likeness (QED) is 0.310. The minimum Gasteiger partial charge on any atom is -0.0843 e. The van der Waals surface area contributed by atoms with Crippen LogP contribution in [0.15, 0.2) is 89.4 Å². The average molecular weight is 370 g/mol. The fourth-order valence-corrected chi connectivity index (χ4v) is 3.04. The van der Waals surface area contributed by atoms with Gasteiger partial charge < -0.3 is 0 Å². The summed E-state index contributed by atoms with van der Waals surface area (Å²) >= 11 is 9.32. The first kappa shape index (κ1) is 15.1. The molecule has 4 aromatic carbocycles. The van der Waals surface area contributed by atoms with E-state index in [1.165, 1.54) is 21.5 Å². The molecule has 0 fully saturated rings. The Balaban J connectivity index is 0.000000131. The third-order valence-corrected chi connectivity index (χ3v) is 4.37. The molecule has 0 bridgehead atoms. The molecule has 0 aliphatic rings. The Morgan fingerprint density at radius 1 is 0.591 bits per heavy atom. The summed E-state index contributed by atoms with van der Waals surface area (Å²) in [5.74, 6) is 0. The zero-order valence-electron chi connectivity index (χ0n) is 11.8. The lowest BCUT2D eigenvalue weighted by atomic mass is 10.1. The first-order valence-electron chi connectivity index (χ1n) is 7.01. The summed E-state index contributed by atoms with van der Waals surface area (Å²) in [7, 11) is 0. The topological polar surface area (TPSA) is 0 Å². The lowest BCUT2D eigenvalue weighted by Gasteiger charge is -1.97. The zero-order chi connectivity index (χ0) is 15.4. The van der Waals surface area contributed by atoms with E-state index < -0.39 is 0 Å². The number of hydrogen-bond donors (Lipinski definition) is 0. The van der Waals surface area contributed by atoms with Crippen molar-refractivity contribution in [2.75, 3.05) is 0 Å². The van der Waals surface area contributed by atoms with Crippen LogP contribution in [0.5, 0.6) is 0 Å². The molecule has 0 saturated heterocycles. The van der Waals surface area contributed by atoms with Crippen molar-refractivity contribution in [3.8, 4) is 0 Å². The van der Waals surface area contributed by atoms with Gasteiger partial charge in [0.1, 0.15) is 0 Å². The normalized spacial score (nSPS) is 10.3. The summed E-state index contributed by atoms with van der Waals surface area (Å²) in [4.78, 5) is 0. The summed E-state index contributed by atoms with van der Waals surface area (Å²) in [5, 5.41) is 5.78. The molecule has 0 unspecified atom stereocenters. The van der Waals surface area contributed by atoms with Crippen molar-refractivity contribution in [2.24, 2.45) is 0 Å². The highest BCUT2D eigenvalue weighted by molar-refractivity contribution is 9.10. The first-order chi connectivity index (χ1) is 10.7. The second-order valence-corrected chi connectivity index (χ2v) is 6.24. The number of halogens is 2. The Hall–Kier alpha value is -1.83. The molecule has 0 atom stereocenters. The summed E-state index contributed by atoms with van der Waals surface area (Å²) in [6.07, 6.45) is 0. The minimum atomic E-state index is 0.795. The third kappa shape index (κ3) is 3.49. The van der Waals surface area contributed by atoms with Gasteiger partial charge in [0, 0.05) is 9.50 Å². The van der Waals surface area contributed by atoms with Gasteiger partial charge in [0.15, 0.2) is 0 Å². The third-order valence-electron chi connectivity index (χ3n) is 3.45. The lowest BCUT2D eigenvalue weighted by Crippen LogP contribution is -1.71. The van der Waals surface area contributed by atoms with E-state index in [4.69, 9.17) is 11.6 Å². The van der Waals surface area contributed by atoms with Crippen molar-refractivity contribution in [1.29, 1.82) is 0 Å². The van der Waals surface area contributed by atoms with Gasteiger partial charge >= 0.3 is 0 Å². The molecule has 108 valence electrons. The van der Waals surface area contributed by atoms with E-state index in [0.29, 0.717) is 0 Å². The van der Waals surface area contributed by atoms with Gasteiger partial charge in [0.25, 0.3) is 0 Å². The Labute approximate surface area is 143 Å². The number of hydrogen-bond acceptors (Lipinski definition) is 0. The van der Waals surface area contributed by atoms with Gasteiger partial charge in [-0.3, -0.25) is 0 Å². The van der Waals surface area contributed by atoms with Crippen LogP contribution in [-0.4, -0.2) is 0 Å². The summed E-state index contributed by atoms with van der Waals surface area (Å²) in [6.45, 7) is 0. The van der Waals surface area contributed by atoms with Crippen molar-refractivity contribution in [3.05, 3.63) is 94.4 Å². The molecule has 2 heteroatoms. The number of fused-ring (bicyclic) bond motifs is 2. The van der Waals surface area contributed by atoms with Crippen LogP contribution in [0.25, 0.3) is 21.5 Å². The first-order valence-corrected chi connectivity index (χ1v) is 8.19. The number of benzene rings is 4. The summed E-state index contributed by atoms with van der Waals surface area (Å²) < 4.78 is 1.16. The molecule has 22 heavy (non-hydrogen) atoms. The smallest absolute Gasteiger partial charge is 0.0412 e. The molecule has 4 rings (SSSR count). The molecule has 0 nitrogen and oxygen atoms in total. The van der Waals surface area contributed by atoms with Crippen molar-refractivity contribution in [1.82, 2.24) is 0 Å². The van der Waals surface area contributed by atoms with Gasteiger partial charge in [0.2, 0.25) is 0 Å². The van der Waals surface area contributed by atoms with Gasteiger partial charge in [-0.25, -0.2) is 0 Å². The summed E-state index contributed by atoms with van der Waals surface area (Å²) in [6, 6.07) is 28.6. The van der Waals surface area contributed by atoms with Gasteiger partial charge in [-0.2, -0.15) is 0 Å². The van der Waals surface area contributed by atoms with Crippen molar-refractivity contribution < 1.29 is 0 Å². The van der Waals surface area contributed by atoms with E-state index in [1.807, 2.05) is 42.5 Å². The molecule has 4 aromatic rings. The van der Waals surface area contributed by atoms with Crippen LogP contribution >= 0.6 is 27.5 Å². The number of rotatable bonds is 0. The molecule has 0 aliphatic carbocycles. The second-order valence-electron chi connectivity index (χ2n) is 4.95. The van der Waals surface area contributed by atoms with Crippen LogP contribution < -0.4 is 0 Å². The maximum Gasteiger partial charge on any atom is 0.0412 e. The maximum atomic E-state index is 5.82. The van der Waals surface area contributed by atoms with Crippen LogP contribution in [-0.2, 0) is 0 Å². The molecule has 0 amide bonds. The standard InChI is InChI=1S/C10H7Br.C10H7Cl/c11-10-7-3-5-8-4-1-2-6-9(8)10;11-10-6-5-8-3-1-2-4-9(8)7-10/h2*1-7H. The molecule has 0 saturated carbocycles. The molecule has 0 radical (unpaired) electrons. The molecule has 0 spiro atoms. The fraction of sp³-hybridized carbons (Fsp3) is 0. The van der Waals surface area contributed by atoms with E-state index in [2.05, 4.69) is 58.4 Å². The van der Waals surface area contributed by atoms with E-state index in [-0.39, 0.29) is 0 Å². The Bertz CT molecular complexity index is 904. The van der Waals surface area contributed by atoms with Crippen LogP contribution in [0.2, 0.25) is 5.02 Å². The molecular weight excluding hydrogens is 356 g/mol. The monoisotopic (exact) mass is 368 g/mol. The van der Waals surface area contributed by atoms with Crippen molar-refractivity contribution in [2.45, 2.75) is 0 Å². The Morgan fingerprint density at radius 3 is 2.00 bits per heavy atom. The van der Waals surface area contributed by atoms with Crippen molar-refractivity contribution >= 4 is 49.1 Å². The van der Waals surface area contributed by atoms with Crippen LogP contribution in [0.1, 0.15) is 0 Å². The minimum absolute atomic E-state index is 0.795. The molecular formula is C20H14BrCl. The molecule has 0 aromatic heterocycles. The van der Waals surface area contributed by atoms with Gasteiger partial charge in [-0.15, -0.1) is 0 Å². The second kappa shape index (κ2) is 6.95. The zero-order valence-corrected chi connectivity index (χ0v) is 14.2. The molecule has 0 aliphatic heterocycles. The lowest BCUT2D eigenvalue weighted by molar-refractivity contribution is 1.71. The highest BCUT2D eigenvalue weighted by atomic mass is 79.9. The SMILES string of the molecule is Brc1cccc2ccccc12.Clc1ccc2ccccc2c1. The van der Waals surface area contributed by atoms with Crippen LogP contribution in [0.4, 0.5) is 0 Å². The van der Waals surface area contributed by atoms with Crippen LogP contribution in [0, 0.1) is 0 Å².